The van der Waals surface area contributed by atoms with Gasteiger partial charge in [0, 0.05) is 23.5 Å². The quantitative estimate of drug-likeness (QED) is 0.876. The van der Waals surface area contributed by atoms with E-state index < -0.39 is 0 Å². The number of nitrogens with zero attached hydrogens (tertiary/aromatic N) is 2. The third kappa shape index (κ3) is 3.07. The van der Waals surface area contributed by atoms with Crippen molar-refractivity contribution < 1.29 is 9.53 Å². The zero-order valence-electron chi connectivity index (χ0n) is 15.7. The molecule has 2 bridgehead atoms. The Hall–Kier alpha value is -2.18. The van der Waals surface area contributed by atoms with Crippen molar-refractivity contribution in [3.63, 3.8) is 0 Å². The number of hydrogen-bond donors (Lipinski definition) is 2. The number of fused-ring (bicyclic) bond motifs is 3. The van der Waals surface area contributed by atoms with E-state index in [0.29, 0.717) is 24.4 Å². The highest BCUT2D eigenvalue weighted by atomic mass is 16.5. The highest BCUT2D eigenvalue weighted by molar-refractivity contribution is 6.05. The number of rotatable bonds is 3. The highest BCUT2D eigenvalue weighted by Crippen LogP contribution is 2.34. The molecule has 142 valence electrons. The minimum Gasteiger partial charge on any atom is -0.377 e. The first kappa shape index (κ1) is 17.0. The average Bonchev–Trinajstić information content (AvgIpc) is 3.19. The molecule has 2 atom stereocenters. The summed E-state index contributed by atoms with van der Waals surface area (Å²) in [6.45, 7) is 1.43. The molecule has 3 aliphatic heterocycles. The maximum absolute atomic E-state index is 12.9. The first-order chi connectivity index (χ1) is 13.2. The van der Waals surface area contributed by atoms with E-state index in [4.69, 9.17) is 4.74 Å². The molecule has 6 nitrogen and oxygen atoms in total. The van der Waals surface area contributed by atoms with Crippen LogP contribution in [-0.4, -0.2) is 59.4 Å². The number of H-pyrrole nitrogens is 1. The van der Waals surface area contributed by atoms with E-state index in [1.165, 1.54) is 24.0 Å². The van der Waals surface area contributed by atoms with Crippen LogP contribution in [0.2, 0.25) is 0 Å². The number of nitrogens with one attached hydrogen (secondary N) is 2. The Bertz CT molecular complexity index is 889. The predicted octanol–water partition coefficient (Wildman–Crippen LogP) is 2.72. The number of carbonyl (C=O) groups excluding carboxylic acids is 1. The molecular weight excluding hydrogens is 340 g/mol. The number of hydrogen-bond acceptors (Lipinski definition) is 4. The van der Waals surface area contributed by atoms with E-state index in [2.05, 4.69) is 45.7 Å². The van der Waals surface area contributed by atoms with Gasteiger partial charge in [-0.3, -0.25) is 9.89 Å². The molecule has 1 aromatic heterocycles. The zero-order chi connectivity index (χ0) is 18.4. The monoisotopic (exact) mass is 366 g/mol. The molecule has 5 rings (SSSR count). The van der Waals surface area contributed by atoms with Gasteiger partial charge in [0.05, 0.1) is 18.7 Å². The lowest BCUT2D eigenvalue weighted by Crippen LogP contribution is -2.48. The highest BCUT2D eigenvalue weighted by Gasteiger charge is 2.39. The summed E-state index contributed by atoms with van der Waals surface area (Å²) in [7, 11) is 2.22. The summed E-state index contributed by atoms with van der Waals surface area (Å²) in [4.78, 5) is 15.3. The first-order valence-corrected chi connectivity index (χ1v) is 9.97. The number of ether oxygens (including phenoxy) is 1. The lowest BCUT2D eigenvalue weighted by Gasteiger charge is -2.36. The lowest BCUT2D eigenvalue weighted by molar-refractivity contribution is 0.0879. The summed E-state index contributed by atoms with van der Waals surface area (Å²) < 4.78 is 5.39. The van der Waals surface area contributed by atoms with Crippen molar-refractivity contribution in [3.8, 4) is 0 Å². The second-order valence-electron chi connectivity index (χ2n) is 8.08. The largest absolute Gasteiger partial charge is 0.377 e. The van der Waals surface area contributed by atoms with Gasteiger partial charge in [0.2, 0.25) is 0 Å². The Morgan fingerprint density at radius 1 is 1.30 bits per heavy atom. The fourth-order valence-corrected chi connectivity index (χ4v) is 4.96. The standard InChI is InChI=1S/C21H26N4O2/c1-25-16-3-4-17(25)12-15(11-16)22-21(26)20-18-5-2-14(10-19(18)23-24-20)13-6-8-27-9-7-13/h2,5-6,10,15-17H,3-4,7-9,11-12H2,1H3,(H,22,26)(H,23,24). The van der Waals surface area contributed by atoms with Crippen molar-refractivity contribution in [2.24, 2.45) is 0 Å². The van der Waals surface area contributed by atoms with E-state index >= 15 is 0 Å². The number of amides is 1. The fraction of sp³-hybridized carbons (Fsp3) is 0.524. The summed E-state index contributed by atoms with van der Waals surface area (Å²) in [5.41, 5.74) is 3.89. The van der Waals surface area contributed by atoms with Crippen molar-refractivity contribution in [1.82, 2.24) is 20.4 Å². The fourth-order valence-electron chi connectivity index (χ4n) is 4.96. The van der Waals surface area contributed by atoms with E-state index in [-0.39, 0.29) is 11.9 Å². The van der Waals surface area contributed by atoms with Gasteiger partial charge in [0.15, 0.2) is 5.69 Å². The topological polar surface area (TPSA) is 70.2 Å². The average molecular weight is 366 g/mol. The molecule has 27 heavy (non-hydrogen) atoms. The van der Waals surface area contributed by atoms with Crippen LogP contribution in [0.3, 0.4) is 0 Å². The molecule has 0 saturated carbocycles. The van der Waals surface area contributed by atoms with Crippen LogP contribution in [0.15, 0.2) is 24.3 Å². The minimum absolute atomic E-state index is 0.0618. The van der Waals surface area contributed by atoms with Crippen LogP contribution in [0.25, 0.3) is 16.5 Å². The van der Waals surface area contributed by atoms with Crippen molar-refractivity contribution in [2.75, 3.05) is 20.3 Å². The van der Waals surface area contributed by atoms with E-state index in [0.717, 1.165) is 36.8 Å². The molecular formula is C21H26N4O2. The molecule has 4 heterocycles. The summed E-state index contributed by atoms with van der Waals surface area (Å²) in [5, 5.41) is 11.5. The van der Waals surface area contributed by atoms with Gasteiger partial charge in [-0.25, -0.2) is 0 Å². The lowest BCUT2D eigenvalue weighted by atomic mass is 9.97. The van der Waals surface area contributed by atoms with Gasteiger partial charge in [-0.05, 0) is 62.4 Å². The maximum atomic E-state index is 12.9. The van der Waals surface area contributed by atoms with Gasteiger partial charge >= 0.3 is 0 Å². The molecule has 2 saturated heterocycles. The van der Waals surface area contributed by atoms with Gasteiger partial charge in [0.25, 0.3) is 5.91 Å². The summed E-state index contributed by atoms with van der Waals surface area (Å²) >= 11 is 0. The number of aromatic nitrogens is 2. The van der Waals surface area contributed by atoms with Crippen molar-refractivity contribution in [3.05, 3.63) is 35.5 Å². The number of aromatic amines is 1. The van der Waals surface area contributed by atoms with Gasteiger partial charge < -0.3 is 15.0 Å². The van der Waals surface area contributed by atoms with Crippen LogP contribution in [0.1, 0.15) is 48.2 Å². The van der Waals surface area contributed by atoms with Crippen molar-refractivity contribution in [1.29, 1.82) is 0 Å². The molecule has 0 radical (unpaired) electrons. The van der Waals surface area contributed by atoms with Crippen LogP contribution in [0.4, 0.5) is 0 Å². The van der Waals surface area contributed by atoms with Crippen LogP contribution in [-0.2, 0) is 4.74 Å². The van der Waals surface area contributed by atoms with Gasteiger partial charge in [-0.2, -0.15) is 5.10 Å². The Labute approximate surface area is 158 Å². The minimum atomic E-state index is -0.0618. The zero-order valence-corrected chi connectivity index (χ0v) is 15.7. The van der Waals surface area contributed by atoms with Crippen LogP contribution in [0.5, 0.6) is 0 Å². The maximum Gasteiger partial charge on any atom is 0.272 e. The Kier molecular flexibility index (Phi) is 4.25. The van der Waals surface area contributed by atoms with E-state index in [9.17, 15) is 4.79 Å². The van der Waals surface area contributed by atoms with Gasteiger partial charge in [-0.1, -0.05) is 12.1 Å². The van der Waals surface area contributed by atoms with Gasteiger partial charge in [-0.15, -0.1) is 0 Å². The van der Waals surface area contributed by atoms with Crippen LogP contribution < -0.4 is 5.32 Å². The van der Waals surface area contributed by atoms with E-state index in [1.54, 1.807) is 0 Å². The molecule has 0 aliphatic carbocycles. The summed E-state index contributed by atoms with van der Waals surface area (Å²) in [6, 6.07) is 7.66. The second-order valence-corrected chi connectivity index (χ2v) is 8.08. The SMILES string of the molecule is CN1C2CCC1CC(NC(=O)c1n[nH]c3cc(C4=CCOCC4)ccc13)C2. The van der Waals surface area contributed by atoms with Crippen molar-refractivity contribution >= 4 is 22.4 Å². The second kappa shape index (κ2) is 6.77. The smallest absolute Gasteiger partial charge is 0.272 e. The molecule has 2 unspecified atom stereocenters. The molecule has 1 aromatic carbocycles. The third-order valence-electron chi connectivity index (χ3n) is 6.55. The third-order valence-corrected chi connectivity index (χ3v) is 6.55. The molecule has 0 spiro atoms. The number of piperidine rings is 1. The molecule has 3 aliphatic rings. The normalized spacial score (nSPS) is 28.3. The Morgan fingerprint density at radius 2 is 2.11 bits per heavy atom. The summed E-state index contributed by atoms with van der Waals surface area (Å²) in [5.74, 6) is -0.0618. The molecule has 2 N–H and O–H groups in total. The molecule has 2 fully saturated rings. The first-order valence-electron chi connectivity index (χ1n) is 9.97. The van der Waals surface area contributed by atoms with Crippen molar-refractivity contribution in [2.45, 2.75) is 50.2 Å². The Morgan fingerprint density at radius 3 is 2.85 bits per heavy atom. The summed E-state index contributed by atoms with van der Waals surface area (Å²) in [6.07, 6.45) is 7.64. The Balaban J connectivity index is 1.34. The van der Waals surface area contributed by atoms with E-state index in [1.807, 2.05) is 6.07 Å². The number of benzene rings is 1. The van der Waals surface area contributed by atoms with Crippen LogP contribution in [0, 0.1) is 0 Å². The van der Waals surface area contributed by atoms with Crippen LogP contribution >= 0.6 is 0 Å². The molecule has 2 aromatic rings. The molecule has 1 amide bonds. The predicted molar refractivity (Wildman–Crippen MR) is 105 cm³/mol. The molecule has 6 heteroatoms. The van der Waals surface area contributed by atoms with Gasteiger partial charge in [0.1, 0.15) is 0 Å². The number of carbonyl (C=O) groups is 1.